The van der Waals surface area contributed by atoms with Crippen molar-refractivity contribution in [3.05, 3.63) is 28.8 Å². The summed E-state index contributed by atoms with van der Waals surface area (Å²) in [5.74, 6) is 0.545. The fourth-order valence-corrected chi connectivity index (χ4v) is 1.92. The van der Waals surface area contributed by atoms with E-state index in [0.717, 1.165) is 18.5 Å². The lowest BCUT2D eigenvalue weighted by Gasteiger charge is -2.14. The summed E-state index contributed by atoms with van der Waals surface area (Å²) in [6.45, 7) is 3.47. The third-order valence-electron chi connectivity index (χ3n) is 2.67. The Morgan fingerprint density at radius 1 is 1.30 bits per heavy atom. The van der Waals surface area contributed by atoms with Crippen LogP contribution in [0.2, 0.25) is 5.02 Å². The summed E-state index contributed by atoms with van der Waals surface area (Å²) >= 11 is 6.09. The van der Waals surface area contributed by atoms with Gasteiger partial charge in [-0.15, -0.1) is 0 Å². The van der Waals surface area contributed by atoms with Crippen molar-refractivity contribution >= 4 is 11.6 Å². The third kappa shape index (κ3) is 6.48. The first-order chi connectivity index (χ1) is 9.44. The molecule has 0 bridgehead atoms. The predicted octanol–water partition coefficient (Wildman–Crippen LogP) is 4.56. The fourth-order valence-electron chi connectivity index (χ4n) is 1.69. The molecule has 0 aromatic heterocycles. The van der Waals surface area contributed by atoms with Crippen LogP contribution in [0.3, 0.4) is 0 Å². The van der Waals surface area contributed by atoms with Gasteiger partial charge in [-0.25, -0.2) is 0 Å². The van der Waals surface area contributed by atoms with Gasteiger partial charge < -0.3 is 10.1 Å². The number of halogens is 4. The van der Waals surface area contributed by atoms with Crippen LogP contribution >= 0.6 is 11.6 Å². The second-order valence-corrected chi connectivity index (χ2v) is 4.87. The molecule has 20 heavy (non-hydrogen) atoms. The second-order valence-electron chi connectivity index (χ2n) is 4.46. The van der Waals surface area contributed by atoms with E-state index in [9.17, 15) is 13.2 Å². The summed E-state index contributed by atoms with van der Waals surface area (Å²) in [5, 5.41) is 3.76. The van der Waals surface area contributed by atoms with Crippen molar-refractivity contribution < 1.29 is 17.9 Å². The molecule has 0 amide bonds. The highest BCUT2D eigenvalue weighted by Gasteiger charge is 2.26. The molecule has 0 spiro atoms. The van der Waals surface area contributed by atoms with Crippen molar-refractivity contribution in [2.24, 2.45) is 0 Å². The van der Waals surface area contributed by atoms with Gasteiger partial charge in [0.2, 0.25) is 0 Å². The van der Waals surface area contributed by atoms with Crippen molar-refractivity contribution in [1.82, 2.24) is 5.32 Å². The maximum Gasteiger partial charge on any atom is 0.389 e. The van der Waals surface area contributed by atoms with Gasteiger partial charge in [0.05, 0.1) is 6.61 Å². The van der Waals surface area contributed by atoms with E-state index in [1.54, 1.807) is 18.2 Å². The van der Waals surface area contributed by atoms with E-state index in [2.05, 4.69) is 5.32 Å². The molecule has 1 aromatic carbocycles. The molecule has 1 aromatic rings. The van der Waals surface area contributed by atoms with E-state index >= 15 is 0 Å². The smallest absolute Gasteiger partial charge is 0.389 e. The first-order valence-corrected chi connectivity index (χ1v) is 6.99. The van der Waals surface area contributed by atoms with E-state index in [1.165, 1.54) is 0 Å². The summed E-state index contributed by atoms with van der Waals surface area (Å²) in [4.78, 5) is 0. The first kappa shape index (κ1) is 17.1. The lowest BCUT2D eigenvalue weighted by atomic mass is 10.2. The molecule has 6 heteroatoms. The molecular formula is C14H19ClF3NO. The largest absolute Gasteiger partial charge is 0.493 e. The Hall–Kier alpha value is -0.940. The van der Waals surface area contributed by atoms with Gasteiger partial charge in [-0.1, -0.05) is 24.6 Å². The summed E-state index contributed by atoms with van der Waals surface area (Å²) in [6.07, 6.45) is -4.04. The summed E-state index contributed by atoms with van der Waals surface area (Å²) in [6, 6.07) is 5.19. The van der Waals surface area contributed by atoms with Crippen molar-refractivity contribution in [2.75, 3.05) is 13.2 Å². The molecule has 0 aliphatic heterocycles. The quantitative estimate of drug-likeness (QED) is 0.711. The van der Waals surface area contributed by atoms with Gasteiger partial charge in [-0.2, -0.15) is 13.2 Å². The minimum atomic E-state index is -4.14. The number of alkyl halides is 3. The van der Waals surface area contributed by atoms with Crippen LogP contribution in [0.1, 0.15) is 31.7 Å². The average molecular weight is 310 g/mol. The predicted molar refractivity (Wildman–Crippen MR) is 74.2 cm³/mol. The van der Waals surface area contributed by atoms with Crippen LogP contribution in [-0.4, -0.2) is 19.3 Å². The third-order valence-corrected chi connectivity index (χ3v) is 3.02. The van der Waals surface area contributed by atoms with Crippen LogP contribution < -0.4 is 10.1 Å². The van der Waals surface area contributed by atoms with Gasteiger partial charge in [0.25, 0.3) is 0 Å². The van der Waals surface area contributed by atoms with Crippen LogP contribution in [0.25, 0.3) is 0 Å². The van der Waals surface area contributed by atoms with Crippen LogP contribution in [0, 0.1) is 0 Å². The highest BCUT2D eigenvalue weighted by atomic mass is 35.5. The normalized spacial score (nSPS) is 11.7. The van der Waals surface area contributed by atoms with Gasteiger partial charge in [0.15, 0.2) is 0 Å². The molecule has 114 valence electrons. The van der Waals surface area contributed by atoms with Crippen molar-refractivity contribution in [2.45, 2.75) is 38.9 Å². The van der Waals surface area contributed by atoms with Crippen LogP contribution in [0.4, 0.5) is 13.2 Å². The highest BCUT2D eigenvalue weighted by molar-refractivity contribution is 6.31. The van der Waals surface area contributed by atoms with E-state index in [0.29, 0.717) is 17.3 Å². The molecule has 1 rings (SSSR count). The minimum Gasteiger partial charge on any atom is -0.493 e. The zero-order valence-electron chi connectivity index (χ0n) is 11.4. The van der Waals surface area contributed by atoms with Crippen molar-refractivity contribution in [1.29, 1.82) is 0 Å². The SMILES string of the molecule is CCCNCc1c(Cl)cccc1OCCCC(F)(F)F. The number of hydrogen-bond acceptors (Lipinski definition) is 2. The number of rotatable bonds is 8. The maximum absolute atomic E-state index is 12.0. The summed E-state index contributed by atoms with van der Waals surface area (Å²) in [7, 11) is 0. The Balaban J connectivity index is 2.53. The molecule has 0 saturated carbocycles. The lowest BCUT2D eigenvalue weighted by molar-refractivity contribution is -0.136. The monoisotopic (exact) mass is 309 g/mol. The van der Waals surface area contributed by atoms with E-state index in [-0.39, 0.29) is 13.0 Å². The Bertz CT molecular complexity index is 410. The van der Waals surface area contributed by atoms with Gasteiger partial charge in [0.1, 0.15) is 5.75 Å². The first-order valence-electron chi connectivity index (χ1n) is 6.61. The highest BCUT2D eigenvalue weighted by Crippen LogP contribution is 2.27. The zero-order chi connectivity index (χ0) is 15.0. The Labute approximate surface area is 122 Å². The molecule has 0 radical (unpaired) electrons. The zero-order valence-corrected chi connectivity index (χ0v) is 12.2. The van der Waals surface area contributed by atoms with Crippen molar-refractivity contribution in [3.8, 4) is 5.75 Å². The molecule has 0 heterocycles. The van der Waals surface area contributed by atoms with E-state index in [4.69, 9.17) is 16.3 Å². The molecular weight excluding hydrogens is 291 g/mol. The molecule has 0 unspecified atom stereocenters. The van der Waals surface area contributed by atoms with Crippen LogP contribution in [-0.2, 0) is 6.54 Å². The molecule has 0 aliphatic rings. The number of ether oxygens (including phenoxy) is 1. The van der Waals surface area contributed by atoms with Gasteiger partial charge in [-0.3, -0.25) is 0 Å². The number of nitrogens with one attached hydrogen (secondary N) is 1. The average Bonchev–Trinajstić information content (AvgIpc) is 2.36. The van der Waals surface area contributed by atoms with E-state index < -0.39 is 12.6 Å². The standard InChI is InChI=1S/C14H19ClF3NO/c1-2-8-19-10-11-12(15)5-3-6-13(11)20-9-4-7-14(16,17)18/h3,5-6,19H,2,4,7-10H2,1H3. The molecule has 0 saturated heterocycles. The number of hydrogen-bond donors (Lipinski definition) is 1. The summed E-state index contributed by atoms with van der Waals surface area (Å²) in [5.41, 5.74) is 0.787. The Morgan fingerprint density at radius 3 is 2.70 bits per heavy atom. The molecule has 0 atom stereocenters. The van der Waals surface area contributed by atoms with E-state index in [1.807, 2.05) is 6.92 Å². The minimum absolute atomic E-state index is 0.0284. The van der Waals surface area contributed by atoms with Gasteiger partial charge >= 0.3 is 6.18 Å². The number of benzene rings is 1. The molecule has 1 N–H and O–H groups in total. The Kier molecular flexibility index (Phi) is 7.16. The summed E-state index contributed by atoms with van der Waals surface area (Å²) < 4.78 is 41.6. The molecule has 2 nitrogen and oxygen atoms in total. The molecule has 0 fully saturated rings. The fraction of sp³-hybridized carbons (Fsp3) is 0.571. The second kappa shape index (κ2) is 8.37. The Morgan fingerprint density at radius 2 is 2.05 bits per heavy atom. The van der Waals surface area contributed by atoms with Gasteiger partial charge in [-0.05, 0) is 31.5 Å². The topological polar surface area (TPSA) is 21.3 Å². The van der Waals surface area contributed by atoms with Crippen LogP contribution in [0.5, 0.6) is 5.75 Å². The molecule has 0 aliphatic carbocycles. The maximum atomic E-state index is 12.0. The van der Waals surface area contributed by atoms with Crippen molar-refractivity contribution in [3.63, 3.8) is 0 Å². The van der Waals surface area contributed by atoms with Gasteiger partial charge in [0, 0.05) is 23.6 Å². The van der Waals surface area contributed by atoms with Crippen LogP contribution in [0.15, 0.2) is 18.2 Å². The lowest BCUT2D eigenvalue weighted by Crippen LogP contribution is -2.15.